The normalized spacial score (nSPS) is 9.20. The molecule has 1 aromatic rings. The first kappa shape index (κ1) is 14.5. The van der Waals surface area contributed by atoms with Gasteiger partial charge >= 0.3 is 5.97 Å². The molecular weight excluding hydrogens is 269 g/mol. The van der Waals surface area contributed by atoms with E-state index in [0.717, 1.165) is 0 Å². The van der Waals surface area contributed by atoms with E-state index in [9.17, 15) is 4.79 Å². The smallest absolute Gasteiger partial charge is 0.337 e. The molecule has 0 aliphatic rings. The zero-order valence-corrected chi connectivity index (χ0v) is 11.2. The van der Waals surface area contributed by atoms with Crippen molar-refractivity contribution in [3.05, 3.63) is 37.7 Å². The number of carboxylic acid groups (broad SMARTS) is 1. The zero-order chi connectivity index (χ0) is 10.6. The molecule has 4 nitrogen and oxygen atoms in total. The number of rotatable bonds is 4. The maximum atomic E-state index is 10.5. The van der Waals surface area contributed by atoms with Crippen molar-refractivity contribution in [3.8, 4) is 0 Å². The van der Waals surface area contributed by atoms with Gasteiger partial charge < -0.3 is 23.9 Å². The summed E-state index contributed by atoms with van der Waals surface area (Å²) in [5, 5.41) is 8.65. The summed E-state index contributed by atoms with van der Waals surface area (Å²) >= 11 is 0. The van der Waals surface area contributed by atoms with Crippen LogP contribution >= 0.6 is 0 Å². The van der Waals surface area contributed by atoms with Gasteiger partial charge in [0.25, 0.3) is 0 Å². The number of anilines is 1. The molecule has 0 aromatic carbocycles. The molecule has 1 radical (unpaired) electrons. The Morgan fingerprint density at radius 1 is 1.40 bits per heavy atom. The van der Waals surface area contributed by atoms with Gasteiger partial charge in [-0.05, 0) is 12.1 Å². The van der Waals surface area contributed by atoms with E-state index in [2.05, 4.69) is 18.8 Å². The number of pyridine rings is 1. The first-order valence-corrected chi connectivity index (χ1v) is 4.21. The summed E-state index contributed by atoms with van der Waals surface area (Å²) in [4.78, 5) is 16.4. The van der Waals surface area contributed by atoms with E-state index in [0.29, 0.717) is 18.9 Å². The summed E-state index contributed by atoms with van der Waals surface area (Å²) in [6.45, 7) is 8.56. The van der Waals surface area contributed by atoms with Crippen LogP contribution in [0.5, 0.6) is 0 Å². The van der Waals surface area contributed by atoms with E-state index in [1.54, 1.807) is 6.07 Å². The molecule has 5 heteroatoms. The van der Waals surface area contributed by atoms with E-state index in [1.165, 1.54) is 12.3 Å². The van der Waals surface area contributed by atoms with E-state index < -0.39 is 5.97 Å². The fraction of sp³-hybridized carbons (Fsp3) is 0.200. The van der Waals surface area contributed by atoms with Gasteiger partial charge in [-0.1, -0.05) is 0 Å². The molecule has 0 bridgehead atoms. The van der Waals surface area contributed by atoms with Crippen LogP contribution in [0.4, 0.5) is 5.82 Å². The minimum absolute atomic E-state index is 0. The van der Waals surface area contributed by atoms with Gasteiger partial charge in [-0.15, -0.1) is 13.1 Å². The third kappa shape index (κ3) is 3.88. The SMILES string of the molecule is [CH2-]CN(C[CH2-])c1ccc(C(=O)O)cn1.[Y]. The standard InChI is InChI=1S/C10H12N2O2.Y/c1-3-12(4-2)9-6-5-8(7-11-9)10(13)14;/h5-7H,1-4H2,(H,13,14);/q-2;. The summed E-state index contributed by atoms with van der Waals surface area (Å²) in [5.74, 6) is -0.278. The van der Waals surface area contributed by atoms with Crippen LogP contribution in [0, 0.1) is 13.8 Å². The molecule has 0 saturated heterocycles. The van der Waals surface area contributed by atoms with Crippen LogP contribution in [-0.4, -0.2) is 29.1 Å². The quantitative estimate of drug-likeness (QED) is 0.844. The molecule has 0 spiro atoms. The van der Waals surface area contributed by atoms with Crippen molar-refractivity contribution in [1.82, 2.24) is 4.98 Å². The molecule has 0 unspecified atom stereocenters. The molecule has 1 rings (SSSR count). The Morgan fingerprint density at radius 3 is 2.33 bits per heavy atom. The molecule has 0 aliphatic carbocycles. The Bertz CT molecular complexity index is 310. The van der Waals surface area contributed by atoms with E-state index in [1.807, 2.05) is 4.90 Å². The Morgan fingerprint density at radius 2 is 2.00 bits per heavy atom. The second-order valence-corrected chi connectivity index (χ2v) is 2.70. The van der Waals surface area contributed by atoms with Gasteiger partial charge in [0.2, 0.25) is 0 Å². The predicted octanol–water partition coefficient (Wildman–Crippen LogP) is 1.25. The number of carboxylic acids is 1. The van der Waals surface area contributed by atoms with Gasteiger partial charge in [-0.3, -0.25) is 0 Å². The van der Waals surface area contributed by atoms with E-state index in [4.69, 9.17) is 5.11 Å². The van der Waals surface area contributed by atoms with Crippen LogP contribution in [0.1, 0.15) is 10.4 Å². The van der Waals surface area contributed by atoms with E-state index >= 15 is 0 Å². The van der Waals surface area contributed by atoms with Crippen LogP contribution in [0.25, 0.3) is 0 Å². The number of carbonyl (C=O) groups is 1. The van der Waals surface area contributed by atoms with Crippen LogP contribution in [0.2, 0.25) is 0 Å². The van der Waals surface area contributed by atoms with Crippen molar-refractivity contribution in [2.24, 2.45) is 0 Å². The summed E-state index contributed by atoms with van der Waals surface area (Å²) in [6, 6.07) is 3.17. The second kappa shape index (κ2) is 6.91. The van der Waals surface area contributed by atoms with Crippen LogP contribution in [0.3, 0.4) is 0 Å². The summed E-state index contributed by atoms with van der Waals surface area (Å²) in [5.41, 5.74) is 0.182. The Labute approximate surface area is 115 Å². The molecule has 0 aliphatic heterocycles. The van der Waals surface area contributed by atoms with Crippen molar-refractivity contribution in [1.29, 1.82) is 0 Å². The molecule has 1 heterocycles. The molecule has 79 valence electrons. The fourth-order valence-corrected chi connectivity index (χ4v) is 1.04. The molecule has 1 aromatic heterocycles. The summed E-state index contributed by atoms with van der Waals surface area (Å²) < 4.78 is 0. The third-order valence-corrected chi connectivity index (χ3v) is 1.86. The molecule has 0 atom stereocenters. The average molecular weight is 281 g/mol. The van der Waals surface area contributed by atoms with Crippen molar-refractivity contribution < 1.29 is 42.6 Å². The minimum Gasteiger partial charge on any atom is -0.478 e. The summed E-state index contributed by atoms with van der Waals surface area (Å²) in [7, 11) is 0. The van der Waals surface area contributed by atoms with Gasteiger partial charge in [0.1, 0.15) is 5.82 Å². The Hall–Kier alpha value is -0.476. The van der Waals surface area contributed by atoms with Crippen molar-refractivity contribution >= 4 is 11.8 Å². The fourth-order valence-electron chi connectivity index (χ4n) is 1.04. The van der Waals surface area contributed by atoms with Gasteiger partial charge in [0.15, 0.2) is 0 Å². The average Bonchev–Trinajstić information content (AvgIpc) is 2.20. The van der Waals surface area contributed by atoms with Crippen molar-refractivity contribution in [2.75, 3.05) is 18.0 Å². The molecule has 0 amide bonds. The Kier molecular flexibility index (Phi) is 6.69. The number of hydrogen-bond acceptors (Lipinski definition) is 3. The zero-order valence-electron chi connectivity index (χ0n) is 8.39. The van der Waals surface area contributed by atoms with Crippen LogP contribution < -0.4 is 4.90 Å². The largest absolute Gasteiger partial charge is 0.478 e. The van der Waals surface area contributed by atoms with Crippen LogP contribution in [0.15, 0.2) is 18.3 Å². The first-order chi connectivity index (χ1) is 6.69. The molecule has 0 saturated carbocycles. The number of nitrogens with zero attached hydrogens (tertiary/aromatic N) is 2. The van der Waals surface area contributed by atoms with Gasteiger partial charge in [-0.25, -0.2) is 9.78 Å². The number of hydrogen-bond donors (Lipinski definition) is 1. The number of aromatic carboxylic acids is 1. The number of aromatic nitrogens is 1. The van der Waals surface area contributed by atoms with Crippen molar-refractivity contribution in [2.45, 2.75) is 0 Å². The maximum Gasteiger partial charge on any atom is 0.337 e. The van der Waals surface area contributed by atoms with Gasteiger partial charge in [0.05, 0.1) is 5.56 Å². The second-order valence-electron chi connectivity index (χ2n) is 2.70. The van der Waals surface area contributed by atoms with Gasteiger partial charge in [0, 0.05) is 38.9 Å². The van der Waals surface area contributed by atoms with Crippen LogP contribution in [-0.2, 0) is 32.7 Å². The predicted molar refractivity (Wildman–Crippen MR) is 54.1 cm³/mol. The molecule has 15 heavy (non-hydrogen) atoms. The minimum atomic E-state index is -0.972. The summed E-state index contributed by atoms with van der Waals surface area (Å²) in [6.07, 6.45) is 1.33. The first-order valence-electron chi connectivity index (χ1n) is 4.21. The van der Waals surface area contributed by atoms with E-state index in [-0.39, 0.29) is 38.3 Å². The Balaban J connectivity index is 0.00000196. The topological polar surface area (TPSA) is 53.4 Å². The van der Waals surface area contributed by atoms with Crippen molar-refractivity contribution in [3.63, 3.8) is 0 Å². The molecule has 0 fully saturated rings. The monoisotopic (exact) mass is 281 g/mol. The van der Waals surface area contributed by atoms with Gasteiger partial charge in [-0.2, -0.15) is 0 Å². The maximum absolute atomic E-state index is 10.5. The molecular formula is C10H12N2O2Y-2. The third-order valence-electron chi connectivity index (χ3n) is 1.86. The molecule has 1 N–H and O–H groups in total.